The van der Waals surface area contributed by atoms with Crippen molar-refractivity contribution in [1.29, 1.82) is 0 Å². The first-order chi connectivity index (χ1) is 9.74. The molecule has 1 N–H and O–H groups in total. The van der Waals surface area contributed by atoms with Gasteiger partial charge in [-0.05, 0) is 23.8 Å². The van der Waals surface area contributed by atoms with Crippen molar-refractivity contribution < 1.29 is 9.90 Å². The topological polar surface area (TPSA) is 66.3 Å². The van der Waals surface area contributed by atoms with Gasteiger partial charge in [0.1, 0.15) is 0 Å². The fourth-order valence-electron chi connectivity index (χ4n) is 2.73. The minimum absolute atomic E-state index is 0.0420. The zero-order valence-corrected chi connectivity index (χ0v) is 10.9. The van der Waals surface area contributed by atoms with Gasteiger partial charge in [-0.3, -0.25) is 4.79 Å². The molecule has 0 spiro atoms. The minimum atomic E-state index is -0.758. The van der Waals surface area contributed by atoms with Gasteiger partial charge in [0.15, 0.2) is 0 Å². The Morgan fingerprint density at radius 3 is 2.90 bits per heavy atom. The van der Waals surface area contributed by atoms with Crippen LogP contribution >= 0.6 is 0 Å². The molecule has 0 aliphatic carbocycles. The Kier molecular flexibility index (Phi) is 3.33. The van der Waals surface area contributed by atoms with Gasteiger partial charge in [-0.15, -0.1) is 0 Å². The lowest BCUT2D eigenvalue weighted by Gasteiger charge is -2.18. The van der Waals surface area contributed by atoms with Crippen LogP contribution in [-0.2, 0) is 11.3 Å². The van der Waals surface area contributed by atoms with E-state index in [1.54, 1.807) is 6.20 Å². The number of nitrogens with zero attached hydrogens (tertiary/aromatic N) is 3. The molecule has 1 aromatic heterocycles. The Bertz CT molecular complexity index is 616. The lowest BCUT2D eigenvalue weighted by molar-refractivity contribution is -0.137. The van der Waals surface area contributed by atoms with Gasteiger partial charge in [0.25, 0.3) is 0 Å². The lowest BCUT2D eigenvalue weighted by atomic mass is 9.98. The first-order valence-electron chi connectivity index (χ1n) is 6.56. The predicted octanol–water partition coefficient (Wildman–Crippen LogP) is 2.06. The van der Waals surface area contributed by atoms with Gasteiger partial charge < -0.3 is 10.0 Å². The molecule has 2 aromatic rings. The summed E-state index contributed by atoms with van der Waals surface area (Å²) in [6.45, 7) is 1.36. The van der Waals surface area contributed by atoms with E-state index in [1.807, 2.05) is 36.4 Å². The van der Waals surface area contributed by atoms with Crippen molar-refractivity contribution in [3.8, 4) is 0 Å². The molecule has 0 fully saturated rings. The number of carboxylic acids is 1. The molecule has 0 bridgehead atoms. The highest BCUT2D eigenvalue weighted by atomic mass is 16.4. The molecular weight excluding hydrogens is 254 g/mol. The molecule has 0 amide bonds. The van der Waals surface area contributed by atoms with Crippen molar-refractivity contribution in [1.82, 2.24) is 10.2 Å². The minimum Gasteiger partial charge on any atom is -0.481 e. The van der Waals surface area contributed by atoms with Crippen LogP contribution in [0.5, 0.6) is 0 Å². The maximum Gasteiger partial charge on any atom is 0.304 e. The molecule has 1 atom stereocenters. The highest BCUT2D eigenvalue weighted by Crippen LogP contribution is 2.38. The standard InChI is InChI=1S/C15H15N3O2/c19-15(20)8-11-9-18(10-12-4-3-7-16-17-12)14-6-2-1-5-13(11)14/h1-7,11H,8-10H2,(H,19,20). The van der Waals surface area contributed by atoms with Crippen LogP contribution < -0.4 is 4.90 Å². The molecule has 2 heterocycles. The maximum atomic E-state index is 11.0. The number of para-hydroxylation sites is 1. The maximum absolute atomic E-state index is 11.0. The summed E-state index contributed by atoms with van der Waals surface area (Å²) in [6.07, 6.45) is 1.81. The van der Waals surface area contributed by atoms with E-state index in [4.69, 9.17) is 5.11 Å². The highest BCUT2D eigenvalue weighted by molar-refractivity contribution is 5.71. The number of benzene rings is 1. The molecule has 5 heteroatoms. The smallest absolute Gasteiger partial charge is 0.304 e. The first kappa shape index (κ1) is 12.6. The molecule has 20 heavy (non-hydrogen) atoms. The third kappa shape index (κ3) is 2.47. The van der Waals surface area contributed by atoms with Crippen LogP contribution in [0, 0.1) is 0 Å². The van der Waals surface area contributed by atoms with Gasteiger partial charge in [0, 0.05) is 24.3 Å². The monoisotopic (exact) mass is 269 g/mol. The Morgan fingerprint density at radius 1 is 1.30 bits per heavy atom. The SMILES string of the molecule is O=C(O)CC1CN(Cc2cccnn2)c2ccccc21. The Balaban J connectivity index is 1.85. The molecule has 5 nitrogen and oxygen atoms in total. The van der Waals surface area contributed by atoms with E-state index in [1.165, 1.54) is 0 Å². The molecule has 1 aliphatic heterocycles. The number of carboxylic acid groups (broad SMARTS) is 1. The van der Waals surface area contributed by atoms with Crippen molar-refractivity contribution in [2.24, 2.45) is 0 Å². The molecule has 0 saturated heterocycles. The second kappa shape index (κ2) is 5.28. The van der Waals surface area contributed by atoms with Crippen molar-refractivity contribution >= 4 is 11.7 Å². The average Bonchev–Trinajstić information content (AvgIpc) is 2.78. The van der Waals surface area contributed by atoms with Crippen LogP contribution in [0.1, 0.15) is 23.6 Å². The number of rotatable bonds is 4. The quantitative estimate of drug-likeness (QED) is 0.920. The summed E-state index contributed by atoms with van der Waals surface area (Å²) in [5.74, 6) is -0.716. The van der Waals surface area contributed by atoms with Gasteiger partial charge in [-0.2, -0.15) is 10.2 Å². The summed E-state index contributed by atoms with van der Waals surface area (Å²) >= 11 is 0. The number of hydrogen-bond donors (Lipinski definition) is 1. The van der Waals surface area contributed by atoms with Gasteiger partial charge in [0.05, 0.1) is 18.7 Å². The molecule has 1 aliphatic rings. The van der Waals surface area contributed by atoms with Crippen LogP contribution in [0.2, 0.25) is 0 Å². The number of aromatic nitrogens is 2. The summed E-state index contributed by atoms with van der Waals surface area (Å²) in [5.41, 5.74) is 3.10. The van der Waals surface area contributed by atoms with Crippen LogP contribution in [0.3, 0.4) is 0 Å². The molecule has 3 rings (SSSR count). The first-order valence-corrected chi connectivity index (χ1v) is 6.56. The second-order valence-electron chi connectivity index (χ2n) is 4.95. The lowest BCUT2D eigenvalue weighted by Crippen LogP contribution is -2.22. The van der Waals surface area contributed by atoms with E-state index >= 15 is 0 Å². The van der Waals surface area contributed by atoms with Crippen LogP contribution in [-0.4, -0.2) is 27.8 Å². The van der Waals surface area contributed by atoms with E-state index in [2.05, 4.69) is 15.1 Å². The largest absolute Gasteiger partial charge is 0.481 e. The van der Waals surface area contributed by atoms with Crippen LogP contribution in [0.15, 0.2) is 42.6 Å². The zero-order valence-electron chi connectivity index (χ0n) is 10.9. The summed E-state index contributed by atoms with van der Waals surface area (Å²) in [6, 6.07) is 11.8. The van der Waals surface area contributed by atoms with Crippen molar-refractivity contribution in [3.05, 3.63) is 53.9 Å². The number of carbonyl (C=O) groups is 1. The molecular formula is C15H15N3O2. The van der Waals surface area contributed by atoms with Gasteiger partial charge >= 0.3 is 5.97 Å². The fraction of sp³-hybridized carbons (Fsp3) is 0.267. The molecule has 1 unspecified atom stereocenters. The summed E-state index contributed by atoms with van der Waals surface area (Å²) in [4.78, 5) is 13.2. The second-order valence-corrected chi connectivity index (χ2v) is 4.95. The molecule has 102 valence electrons. The number of hydrogen-bond acceptors (Lipinski definition) is 4. The van der Waals surface area contributed by atoms with E-state index < -0.39 is 5.97 Å². The summed E-state index contributed by atoms with van der Waals surface area (Å²) in [7, 11) is 0. The third-order valence-electron chi connectivity index (χ3n) is 3.56. The van der Waals surface area contributed by atoms with Crippen molar-refractivity contribution in [2.45, 2.75) is 18.9 Å². The third-order valence-corrected chi connectivity index (χ3v) is 3.56. The van der Waals surface area contributed by atoms with Gasteiger partial charge in [0.2, 0.25) is 0 Å². The van der Waals surface area contributed by atoms with Gasteiger partial charge in [-0.25, -0.2) is 0 Å². The Hall–Kier alpha value is -2.43. The summed E-state index contributed by atoms with van der Waals surface area (Å²) in [5, 5.41) is 17.0. The van der Waals surface area contributed by atoms with E-state index in [9.17, 15) is 4.79 Å². The number of aliphatic carboxylic acids is 1. The summed E-state index contributed by atoms with van der Waals surface area (Å²) < 4.78 is 0. The molecule has 0 saturated carbocycles. The molecule has 0 radical (unpaired) electrons. The highest BCUT2D eigenvalue weighted by Gasteiger charge is 2.29. The van der Waals surface area contributed by atoms with E-state index in [0.717, 1.165) is 16.9 Å². The average molecular weight is 269 g/mol. The van der Waals surface area contributed by atoms with Crippen LogP contribution in [0.4, 0.5) is 5.69 Å². The van der Waals surface area contributed by atoms with E-state index in [-0.39, 0.29) is 12.3 Å². The van der Waals surface area contributed by atoms with Crippen LogP contribution in [0.25, 0.3) is 0 Å². The molecule has 1 aromatic carbocycles. The fourth-order valence-corrected chi connectivity index (χ4v) is 2.73. The van der Waals surface area contributed by atoms with Crippen molar-refractivity contribution in [2.75, 3.05) is 11.4 Å². The Labute approximate surface area is 116 Å². The normalized spacial score (nSPS) is 17.0. The zero-order chi connectivity index (χ0) is 13.9. The predicted molar refractivity (Wildman–Crippen MR) is 74.5 cm³/mol. The van der Waals surface area contributed by atoms with E-state index in [0.29, 0.717) is 13.1 Å². The van der Waals surface area contributed by atoms with Crippen molar-refractivity contribution in [3.63, 3.8) is 0 Å². The van der Waals surface area contributed by atoms with Gasteiger partial charge in [-0.1, -0.05) is 18.2 Å². The number of anilines is 1. The number of fused-ring (bicyclic) bond motifs is 1. The Morgan fingerprint density at radius 2 is 2.15 bits per heavy atom.